The van der Waals surface area contributed by atoms with E-state index in [1.165, 1.54) is 0 Å². The first-order chi connectivity index (χ1) is 3.80. The molecule has 0 spiro atoms. The van der Waals surface area contributed by atoms with E-state index < -0.39 is 0 Å². The third kappa shape index (κ3) is 1.20. The van der Waals surface area contributed by atoms with Gasteiger partial charge in [0.2, 0.25) is 0 Å². The summed E-state index contributed by atoms with van der Waals surface area (Å²) in [6.07, 6.45) is 1.76. The topological polar surface area (TPSA) is 12.9 Å². The average Bonchev–Trinajstić information content (AvgIpc) is 2.12. The fourth-order valence-electron chi connectivity index (χ4n) is 0.431. The Balaban J connectivity index is 2.77. The highest BCUT2D eigenvalue weighted by molar-refractivity contribution is 7.09. The monoisotopic (exact) mass is 147 g/mol. The Kier molecular flexibility index (Phi) is 1.86. The molecule has 1 atom stereocenters. The number of halogens is 1. The van der Waals surface area contributed by atoms with Gasteiger partial charge in [-0.05, 0) is 6.92 Å². The summed E-state index contributed by atoms with van der Waals surface area (Å²) in [6, 6.07) is 0. The van der Waals surface area contributed by atoms with Crippen LogP contribution in [0.2, 0.25) is 0 Å². The Bertz CT molecular complexity index is 147. The van der Waals surface area contributed by atoms with Crippen LogP contribution in [0.4, 0.5) is 0 Å². The summed E-state index contributed by atoms with van der Waals surface area (Å²) in [5.41, 5.74) is 0. The van der Waals surface area contributed by atoms with Gasteiger partial charge in [-0.25, -0.2) is 4.98 Å². The number of alkyl halides is 1. The lowest BCUT2D eigenvalue weighted by Crippen LogP contribution is -1.78. The van der Waals surface area contributed by atoms with Crippen molar-refractivity contribution >= 4 is 22.9 Å². The summed E-state index contributed by atoms with van der Waals surface area (Å²) in [4.78, 5) is 4.00. The molecule has 0 saturated heterocycles. The van der Waals surface area contributed by atoms with E-state index in [0.29, 0.717) is 0 Å². The van der Waals surface area contributed by atoms with Gasteiger partial charge in [0, 0.05) is 11.6 Å². The minimum atomic E-state index is 0.0648. The minimum Gasteiger partial charge on any atom is -0.248 e. The normalized spacial score (nSPS) is 13.8. The van der Waals surface area contributed by atoms with Crippen LogP contribution in [0.3, 0.4) is 0 Å². The number of hydrogen-bond donors (Lipinski definition) is 0. The maximum absolute atomic E-state index is 5.69. The van der Waals surface area contributed by atoms with Crippen molar-refractivity contribution in [3.63, 3.8) is 0 Å². The first-order valence-electron chi connectivity index (χ1n) is 2.34. The molecular formula is C5H6ClNS. The van der Waals surface area contributed by atoms with Gasteiger partial charge in [-0.3, -0.25) is 0 Å². The number of nitrogens with zero attached hydrogens (tertiary/aromatic N) is 1. The van der Waals surface area contributed by atoms with Crippen LogP contribution in [-0.2, 0) is 0 Å². The van der Waals surface area contributed by atoms with Gasteiger partial charge in [-0.2, -0.15) is 0 Å². The Labute approximate surface area is 57.3 Å². The second-order valence-electron chi connectivity index (χ2n) is 1.49. The van der Waals surface area contributed by atoms with E-state index in [9.17, 15) is 0 Å². The summed E-state index contributed by atoms with van der Waals surface area (Å²) >= 11 is 7.28. The fraction of sp³-hybridized carbons (Fsp3) is 0.400. The molecule has 1 rings (SSSR count). The number of thiazole rings is 1. The van der Waals surface area contributed by atoms with Crippen LogP contribution in [0, 0.1) is 0 Å². The Morgan fingerprint density at radius 3 is 2.88 bits per heavy atom. The molecule has 0 fully saturated rings. The second-order valence-corrected chi connectivity index (χ2v) is 3.07. The molecule has 0 saturated carbocycles. The Hall–Kier alpha value is -0.0800. The van der Waals surface area contributed by atoms with Gasteiger partial charge in [-0.15, -0.1) is 22.9 Å². The zero-order valence-electron chi connectivity index (χ0n) is 4.47. The van der Waals surface area contributed by atoms with E-state index in [2.05, 4.69) is 4.98 Å². The van der Waals surface area contributed by atoms with Crippen LogP contribution >= 0.6 is 22.9 Å². The van der Waals surface area contributed by atoms with Crippen LogP contribution < -0.4 is 0 Å². The maximum atomic E-state index is 5.69. The lowest BCUT2D eigenvalue weighted by molar-refractivity contribution is 1.05. The zero-order chi connectivity index (χ0) is 5.98. The van der Waals surface area contributed by atoms with Crippen LogP contribution in [-0.4, -0.2) is 4.98 Å². The molecule has 44 valence electrons. The predicted molar refractivity (Wildman–Crippen MR) is 36.4 cm³/mol. The Morgan fingerprint density at radius 1 is 1.88 bits per heavy atom. The molecule has 0 aliphatic rings. The second kappa shape index (κ2) is 2.46. The third-order valence-electron chi connectivity index (χ3n) is 0.792. The zero-order valence-corrected chi connectivity index (χ0v) is 6.04. The highest BCUT2D eigenvalue weighted by Gasteiger charge is 2.00. The van der Waals surface area contributed by atoms with Gasteiger partial charge >= 0.3 is 0 Å². The van der Waals surface area contributed by atoms with Gasteiger partial charge in [0.25, 0.3) is 0 Å². The van der Waals surface area contributed by atoms with E-state index in [0.717, 1.165) is 5.01 Å². The van der Waals surface area contributed by atoms with Gasteiger partial charge in [0.15, 0.2) is 0 Å². The van der Waals surface area contributed by atoms with Crippen molar-refractivity contribution in [3.8, 4) is 0 Å². The van der Waals surface area contributed by atoms with Crippen molar-refractivity contribution in [2.24, 2.45) is 0 Å². The van der Waals surface area contributed by atoms with Gasteiger partial charge in [-0.1, -0.05) is 0 Å². The summed E-state index contributed by atoms with van der Waals surface area (Å²) < 4.78 is 0. The van der Waals surface area contributed by atoms with E-state index in [4.69, 9.17) is 11.6 Å². The minimum absolute atomic E-state index is 0.0648. The molecular weight excluding hydrogens is 142 g/mol. The molecule has 0 aromatic carbocycles. The van der Waals surface area contributed by atoms with Crippen LogP contribution in [0.15, 0.2) is 11.6 Å². The molecule has 1 unspecified atom stereocenters. The van der Waals surface area contributed by atoms with E-state index in [1.807, 2.05) is 12.3 Å². The first-order valence-corrected chi connectivity index (χ1v) is 3.66. The lowest BCUT2D eigenvalue weighted by atomic mass is 10.5. The fourth-order valence-corrected chi connectivity index (χ4v) is 1.21. The summed E-state index contributed by atoms with van der Waals surface area (Å²) in [7, 11) is 0. The molecule has 0 aliphatic carbocycles. The van der Waals surface area contributed by atoms with Crippen molar-refractivity contribution in [1.29, 1.82) is 0 Å². The highest BCUT2D eigenvalue weighted by atomic mass is 35.5. The summed E-state index contributed by atoms with van der Waals surface area (Å²) in [6.45, 7) is 1.92. The third-order valence-corrected chi connectivity index (χ3v) is 2.09. The largest absolute Gasteiger partial charge is 0.248 e. The van der Waals surface area contributed by atoms with E-state index >= 15 is 0 Å². The van der Waals surface area contributed by atoms with Crippen molar-refractivity contribution in [2.75, 3.05) is 0 Å². The SMILES string of the molecule is CC(Cl)c1nccs1. The van der Waals surface area contributed by atoms with Crippen molar-refractivity contribution < 1.29 is 0 Å². The van der Waals surface area contributed by atoms with Crippen molar-refractivity contribution in [1.82, 2.24) is 4.98 Å². The smallest absolute Gasteiger partial charge is 0.110 e. The molecule has 0 N–H and O–H groups in total. The average molecular weight is 148 g/mol. The lowest BCUT2D eigenvalue weighted by Gasteiger charge is -1.91. The number of rotatable bonds is 1. The highest BCUT2D eigenvalue weighted by Crippen LogP contribution is 2.20. The van der Waals surface area contributed by atoms with Gasteiger partial charge < -0.3 is 0 Å². The molecule has 0 amide bonds. The van der Waals surface area contributed by atoms with E-state index in [-0.39, 0.29) is 5.38 Å². The van der Waals surface area contributed by atoms with Crippen molar-refractivity contribution in [2.45, 2.75) is 12.3 Å². The van der Waals surface area contributed by atoms with Crippen LogP contribution in [0.5, 0.6) is 0 Å². The standard InChI is InChI=1S/C5H6ClNS/c1-4(6)5-7-2-3-8-5/h2-4H,1H3. The summed E-state index contributed by atoms with van der Waals surface area (Å²) in [5, 5.41) is 2.98. The molecule has 0 radical (unpaired) electrons. The molecule has 1 heterocycles. The van der Waals surface area contributed by atoms with Crippen LogP contribution in [0.25, 0.3) is 0 Å². The molecule has 1 nitrogen and oxygen atoms in total. The van der Waals surface area contributed by atoms with E-state index in [1.54, 1.807) is 17.5 Å². The van der Waals surface area contributed by atoms with Gasteiger partial charge in [0.1, 0.15) is 5.01 Å². The quantitative estimate of drug-likeness (QED) is 0.556. The van der Waals surface area contributed by atoms with Crippen molar-refractivity contribution in [3.05, 3.63) is 16.6 Å². The number of hydrogen-bond acceptors (Lipinski definition) is 2. The Morgan fingerprint density at radius 2 is 2.62 bits per heavy atom. The predicted octanol–water partition coefficient (Wildman–Crippen LogP) is 2.44. The number of aromatic nitrogens is 1. The molecule has 1 aromatic rings. The molecule has 1 aromatic heterocycles. The summed E-state index contributed by atoms with van der Waals surface area (Å²) in [5.74, 6) is 0. The molecule has 8 heavy (non-hydrogen) atoms. The molecule has 0 aliphatic heterocycles. The van der Waals surface area contributed by atoms with Crippen LogP contribution in [0.1, 0.15) is 17.3 Å². The van der Waals surface area contributed by atoms with Gasteiger partial charge in [0.05, 0.1) is 5.38 Å². The maximum Gasteiger partial charge on any atom is 0.110 e. The molecule has 0 bridgehead atoms. The first kappa shape index (κ1) is 6.05. The molecule has 3 heteroatoms.